The van der Waals surface area contributed by atoms with Gasteiger partial charge in [-0.3, -0.25) is 4.98 Å². The Morgan fingerprint density at radius 1 is 1.23 bits per heavy atom. The second-order valence-electron chi connectivity index (χ2n) is 2.60. The molecule has 0 fully saturated rings. The third-order valence-corrected chi connectivity index (χ3v) is 2.50. The van der Waals surface area contributed by atoms with Crippen LogP contribution in [0.15, 0.2) is 29.0 Å². The SMILES string of the molecule is Fc1cc(Br)cc2c(Cl)cncc12. The molecule has 0 spiro atoms. The lowest BCUT2D eigenvalue weighted by Gasteiger charge is -2.01. The molecule has 66 valence electrons. The van der Waals surface area contributed by atoms with Gasteiger partial charge in [0.1, 0.15) is 5.82 Å². The summed E-state index contributed by atoms with van der Waals surface area (Å²) in [4.78, 5) is 3.82. The van der Waals surface area contributed by atoms with Crippen LogP contribution in [-0.4, -0.2) is 4.98 Å². The first-order chi connectivity index (χ1) is 6.18. The highest BCUT2D eigenvalue weighted by molar-refractivity contribution is 9.10. The largest absolute Gasteiger partial charge is 0.262 e. The number of benzene rings is 1. The van der Waals surface area contributed by atoms with Crippen molar-refractivity contribution in [3.63, 3.8) is 0 Å². The summed E-state index contributed by atoms with van der Waals surface area (Å²) in [6.07, 6.45) is 2.96. The summed E-state index contributed by atoms with van der Waals surface area (Å²) in [6, 6.07) is 3.16. The first-order valence-electron chi connectivity index (χ1n) is 3.57. The Bertz CT molecular complexity index is 472. The van der Waals surface area contributed by atoms with Crippen LogP contribution in [0.2, 0.25) is 5.02 Å². The quantitative estimate of drug-likeness (QED) is 0.702. The van der Waals surface area contributed by atoms with Crippen LogP contribution in [0.4, 0.5) is 4.39 Å². The molecule has 4 heteroatoms. The van der Waals surface area contributed by atoms with E-state index >= 15 is 0 Å². The maximum atomic E-state index is 13.3. The molecular formula is C9H4BrClFN. The third kappa shape index (κ3) is 1.54. The molecule has 2 rings (SSSR count). The Hall–Kier alpha value is -0.670. The molecule has 0 saturated heterocycles. The number of pyridine rings is 1. The Morgan fingerprint density at radius 2 is 2.00 bits per heavy atom. The zero-order valence-electron chi connectivity index (χ0n) is 6.39. The first-order valence-corrected chi connectivity index (χ1v) is 4.74. The Balaban J connectivity index is 2.94. The molecule has 1 aromatic carbocycles. The van der Waals surface area contributed by atoms with Crippen molar-refractivity contribution < 1.29 is 4.39 Å². The van der Waals surface area contributed by atoms with E-state index in [4.69, 9.17) is 11.6 Å². The normalized spacial score (nSPS) is 10.7. The van der Waals surface area contributed by atoms with Gasteiger partial charge in [0.2, 0.25) is 0 Å². The van der Waals surface area contributed by atoms with E-state index in [1.807, 2.05) is 0 Å². The number of rotatable bonds is 0. The molecule has 0 atom stereocenters. The molecule has 13 heavy (non-hydrogen) atoms. The minimum Gasteiger partial charge on any atom is -0.262 e. The van der Waals surface area contributed by atoms with Crippen molar-refractivity contribution in [2.24, 2.45) is 0 Å². The molecule has 1 heterocycles. The molecule has 0 aliphatic carbocycles. The minimum atomic E-state index is -0.320. The van der Waals surface area contributed by atoms with Gasteiger partial charge in [-0.25, -0.2) is 4.39 Å². The van der Waals surface area contributed by atoms with Crippen molar-refractivity contribution in [3.05, 3.63) is 39.8 Å². The van der Waals surface area contributed by atoms with Crippen molar-refractivity contribution >= 4 is 38.3 Å². The van der Waals surface area contributed by atoms with E-state index in [-0.39, 0.29) is 5.82 Å². The van der Waals surface area contributed by atoms with E-state index in [9.17, 15) is 4.39 Å². The summed E-state index contributed by atoms with van der Waals surface area (Å²) >= 11 is 9.05. The molecule has 0 amide bonds. The van der Waals surface area contributed by atoms with E-state index in [2.05, 4.69) is 20.9 Å². The lowest BCUT2D eigenvalue weighted by atomic mass is 10.2. The molecule has 1 nitrogen and oxygen atoms in total. The van der Waals surface area contributed by atoms with Crippen LogP contribution >= 0.6 is 27.5 Å². The number of hydrogen-bond donors (Lipinski definition) is 0. The molecule has 0 saturated carbocycles. The van der Waals surface area contributed by atoms with Crippen molar-refractivity contribution in [1.82, 2.24) is 4.98 Å². The summed E-state index contributed by atoms with van der Waals surface area (Å²) < 4.78 is 14.0. The number of hydrogen-bond acceptors (Lipinski definition) is 1. The van der Waals surface area contributed by atoms with Gasteiger partial charge in [0, 0.05) is 27.6 Å². The molecule has 0 unspecified atom stereocenters. The molecule has 0 N–H and O–H groups in total. The lowest BCUT2D eigenvalue weighted by molar-refractivity contribution is 0.638. The highest BCUT2D eigenvalue weighted by Gasteiger charge is 2.05. The van der Waals surface area contributed by atoms with E-state index in [0.717, 1.165) is 0 Å². The smallest absolute Gasteiger partial charge is 0.133 e. The van der Waals surface area contributed by atoms with E-state index in [1.165, 1.54) is 18.5 Å². The Kier molecular flexibility index (Phi) is 2.22. The second-order valence-corrected chi connectivity index (χ2v) is 3.93. The number of halogens is 3. The maximum Gasteiger partial charge on any atom is 0.133 e. The minimum absolute atomic E-state index is 0.320. The predicted molar refractivity (Wildman–Crippen MR) is 54.4 cm³/mol. The van der Waals surface area contributed by atoms with Gasteiger partial charge in [-0.1, -0.05) is 27.5 Å². The van der Waals surface area contributed by atoms with Crippen LogP contribution in [0.3, 0.4) is 0 Å². The van der Waals surface area contributed by atoms with Crippen LogP contribution in [0.5, 0.6) is 0 Å². The summed E-state index contributed by atoms with van der Waals surface area (Å²) in [5.41, 5.74) is 0. The summed E-state index contributed by atoms with van der Waals surface area (Å²) in [5, 5.41) is 1.57. The van der Waals surface area contributed by atoms with Crippen LogP contribution in [0.25, 0.3) is 10.8 Å². The maximum absolute atomic E-state index is 13.3. The zero-order chi connectivity index (χ0) is 9.42. The van der Waals surface area contributed by atoms with Crippen LogP contribution in [-0.2, 0) is 0 Å². The van der Waals surface area contributed by atoms with E-state index in [1.54, 1.807) is 6.07 Å². The van der Waals surface area contributed by atoms with Crippen molar-refractivity contribution in [2.75, 3.05) is 0 Å². The first kappa shape index (κ1) is 8.91. The fraction of sp³-hybridized carbons (Fsp3) is 0. The summed E-state index contributed by atoms with van der Waals surface area (Å²) in [7, 11) is 0. The summed E-state index contributed by atoms with van der Waals surface area (Å²) in [6.45, 7) is 0. The monoisotopic (exact) mass is 259 g/mol. The van der Waals surface area contributed by atoms with Gasteiger partial charge in [0.25, 0.3) is 0 Å². The Labute approximate surface area is 87.7 Å². The number of fused-ring (bicyclic) bond motifs is 1. The van der Waals surface area contributed by atoms with Gasteiger partial charge < -0.3 is 0 Å². The molecular weight excluding hydrogens is 256 g/mol. The van der Waals surface area contributed by atoms with Gasteiger partial charge in [-0.05, 0) is 12.1 Å². The zero-order valence-corrected chi connectivity index (χ0v) is 8.73. The standard InChI is InChI=1S/C9H4BrClFN/c10-5-1-6-7(9(12)2-5)3-13-4-8(6)11/h1-4H. The van der Waals surface area contributed by atoms with Crippen LogP contribution in [0, 0.1) is 5.82 Å². The van der Waals surface area contributed by atoms with Crippen molar-refractivity contribution in [1.29, 1.82) is 0 Å². The van der Waals surface area contributed by atoms with Crippen LogP contribution < -0.4 is 0 Å². The van der Waals surface area contributed by atoms with Gasteiger partial charge in [-0.2, -0.15) is 0 Å². The second kappa shape index (κ2) is 3.24. The average Bonchev–Trinajstić information content (AvgIpc) is 2.07. The number of nitrogens with zero attached hydrogens (tertiary/aromatic N) is 1. The highest BCUT2D eigenvalue weighted by atomic mass is 79.9. The molecule has 0 radical (unpaired) electrons. The Morgan fingerprint density at radius 3 is 2.77 bits per heavy atom. The molecule has 2 aromatic rings. The van der Waals surface area contributed by atoms with Gasteiger partial charge >= 0.3 is 0 Å². The van der Waals surface area contributed by atoms with Crippen molar-refractivity contribution in [2.45, 2.75) is 0 Å². The lowest BCUT2D eigenvalue weighted by Crippen LogP contribution is -1.83. The fourth-order valence-electron chi connectivity index (χ4n) is 1.16. The van der Waals surface area contributed by atoms with Gasteiger partial charge in [-0.15, -0.1) is 0 Å². The fourth-order valence-corrected chi connectivity index (χ4v) is 1.80. The molecule has 0 aliphatic heterocycles. The predicted octanol–water partition coefficient (Wildman–Crippen LogP) is 3.79. The average molecular weight is 260 g/mol. The summed E-state index contributed by atoms with van der Waals surface area (Å²) in [5.74, 6) is -0.320. The molecule has 1 aromatic heterocycles. The molecule has 0 aliphatic rings. The van der Waals surface area contributed by atoms with Crippen molar-refractivity contribution in [3.8, 4) is 0 Å². The van der Waals surface area contributed by atoms with Gasteiger partial charge in [0.05, 0.1) is 5.02 Å². The van der Waals surface area contributed by atoms with Gasteiger partial charge in [0.15, 0.2) is 0 Å². The topological polar surface area (TPSA) is 12.9 Å². The third-order valence-electron chi connectivity index (χ3n) is 1.74. The van der Waals surface area contributed by atoms with E-state index < -0.39 is 0 Å². The van der Waals surface area contributed by atoms with E-state index in [0.29, 0.717) is 20.3 Å². The molecule has 0 bridgehead atoms. The highest BCUT2D eigenvalue weighted by Crippen LogP contribution is 2.27. The number of aromatic nitrogens is 1. The van der Waals surface area contributed by atoms with Crippen LogP contribution in [0.1, 0.15) is 0 Å².